The number of hydrogen-bond acceptors (Lipinski definition) is 5. The van der Waals surface area contributed by atoms with Crippen molar-refractivity contribution in [3.05, 3.63) is 17.5 Å². The van der Waals surface area contributed by atoms with Crippen molar-refractivity contribution in [2.45, 2.75) is 63.8 Å². The van der Waals surface area contributed by atoms with E-state index in [1.165, 1.54) is 18.5 Å². The smallest absolute Gasteiger partial charge is 0.237 e. The van der Waals surface area contributed by atoms with E-state index in [1.54, 1.807) is 0 Å². The zero-order valence-corrected chi connectivity index (χ0v) is 18.4. The van der Waals surface area contributed by atoms with E-state index in [9.17, 15) is 4.79 Å². The van der Waals surface area contributed by atoms with Gasteiger partial charge in [-0.1, -0.05) is 0 Å². The van der Waals surface area contributed by atoms with Crippen molar-refractivity contribution in [3.8, 4) is 0 Å². The standard InChI is InChI=1S/C19H32N6O.2ClH/c1-23-10-5-16(6-11-23)24-8-2-4-18(24)19(26)21-13-15-12-17-14-20-7-3-9-25(17)22-15;;/h12,16,18,20H,2-11,13-14H2,1H3,(H,21,26);2*1H/t18-;;/m0../s1. The Morgan fingerprint density at radius 1 is 1.18 bits per heavy atom. The molecule has 7 nitrogen and oxygen atoms in total. The quantitative estimate of drug-likeness (QED) is 0.752. The van der Waals surface area contributed by atoms with Crippen molar-refractivity contribution >= 4 is 30.7 Å². The lowest BCUT2D eigenvalue weighted by Gasteiger charge is -2.37. The summed E-state index contributed by atoms with van der Waals surface area (Å²) >= 11 is 0. The van der Waals surface area contributed by atoms with Crippen LogP contribution in [0.5, 0.6) is 0 Å². The molecule has 2 saturated heterocycles. The van der Waals surface area contributed by atoms with Gasteiger partial charge in [0.1, 0.15) is 0 Å². The third-order valence-corrected chi connectivity index (χ3v) is 6.14. The molecule has 3 aliphatic rings. The van der Waals surface area contributed by atoms with Crippen molar-refractivity contribution in [1.29, 1.82) is 0 Å². The molecule has 1 aromatic rings. The number of nitrogens with one attached hydrogen (secondary N) is 2. The molecular formula is C19H34Cl2N6O. The molecule has 1 amide bonds. The molecule has 3 aliphatic heterocycles. The number of fused-ring (bicyclic) bond motifs is 1. The van der Waals surface area contributed by atoms with Crippen LogP contribution in [-0.2, 0) is 24.4 Å². The Balaban J connectivity index is 0.00000140. The van der Waals surface area contributed by atoms with Crippen LogP contribution in [0.2, 0.25) is 0 Å². The molecule has 160 valence electrons. The SMILES string of the molecule is CN1CCC(N2CCC[C@H]2C(=O)NCc2cc3n(n2)CCCNC3)CC1.Cl.Cl. The molecule has 4 rings (SSSR count). The first-order valence-corrected chi connectivity index (χ1v) is 10.2. The number of likely N-dealkylation sites (tertiary alicyclic amines) is 2. The lowest BCUT2D eigenvalue weighted by atomic mass is 10.0. The number of hydrogen-bond donors (Lipinski definition) is 2. The van der Waals surface area contributed by atoms with Gasteiger partial charge in [-0.25, -0.2) is 0 Å². The molecule has 0 unspecified atom stereocenters. The topological polar surface area (TPSA) is 65.4 Å². The second-order valence-electron chi connectivity index (χ2n) is 8.03. The molecule has 0 radical (unpaired) electrons. The Bertz CT molecular complexity index is 608. The van der Waals surface area contributed by atoms with Gasteiger partial charge in [0.05, 0.1) is 24.0 Å². The molecule has 4 heterocycles. The number of carbonyl (C=O) groups is 1. The lowest BCUT2D eigenvalue weighted by Crippen LogP contribution is -2.50. The Morgan fingerprint density at radius 3 is 2.75 bits per heavy atom. The second-order valence-corrected chi connectivity index (χ2v) is 8.03. The van der Waals surface area contributed by atoms with Crippen LogP contribution in [0.3, 0.4) is 0 Å². The van der Waals surface area contributed by atoms with Crippen LogP contribution in [0.1, 0.15) is 43.5 Å². The van der Waals surface area contributed by atoms with E-state index in [0.29, 0.717) is 12.6 Å². The van der Waals surface area contributed by atoms with Crippen LogP contribution in [0, 0.1) is 0 Å². The highest BCUT2D eigenvalue weighted by atomic mass is 35.5. The molecule has 9 heteroatoms. The maximum atomic E-state index is 12.8. The van der Waals surface area contributed by atoms with E-state index in [2.05, 4.69) is 43.3 Å². The monoisotopic (exact) mass is 432 g/mol. The van der Waals surface area contributed by atoms with Crippen molar-refractivity contribution < 1.29 is 4.79 Å². The van der Waals surface area contributed by atoms with Gasteiger partial charge in [0, 0.05) is 19.1 Å². The third kappa shape index (κ3) is 5.39. The van der Waals surface area contributed by atoms with Crippen LogP contribution < -0.4 is 10.6 Å². The van der Waals surface area contributed by atoms with Gasteiger partial charge in [-0.15, -0.1) is 24.8 Å². The van der Waals surface area contributed by atoms with Crippen molar-refractivity contribution in [1.82, 2.24) is 30.2 Å². The minimum atomic E-state index is 0. The van der Waals surface area contributed by atoms with Crippen molar-refractivity contribution in [3.63, 3.8) is 0 Å². The molecule has 1 atom stereocenters. The fourth-order valence-electron chi connectivity index (χ4n) is 4.64. The summed E-state index contributed by atoms with van der Waals surface area (Å²) in [6.07, 6.45) is 5.59. The van der Waals surface area contributed by atoms with Crippen LogP contribution in [0.15, 0.2) is 6.07 Å². The largest absolute Gasteiger partial charge is 0.349 e. The van der Waals surface area contributed by atoms with Gasteiger partial charge < -0.3 is 15.5 Å². The summed E-state index contributed by atoms with van der Waals surface area (Å²) < 4.78 is 2.09. The Kier molecular flexibility index (Phi) is 9.02. The molecule has 1 aromatic heterocycles. The fraction of sp³-hybridized carbons (Fsp3) is 0.789. The van der Waals surface area contributed by atoms with E-state index in [0.717, 1.165) is 64.2 Å². The van der Waals surface area contributed by atoms with Gasteiger partial charge in [-0.3, -0.25) is 14.4 Å². The van der Waals surface area contributed by atoms with Crippen molar-refractivity contribution in [2.24, 2.45) is 0 Å². The first-order valence-electron chi connectivity index (χ1n) is 10.2. The molecule has 28 heavy (non-hydrogen) atoms. The molecule has 0 bridgehead atoms. The zero-order chi connectivity index (χ0) is 17.9. The third-order valence-electron chi connectivity index (χ3n) is 6.14. The van der Waals surface area contributed by atoms with Crippen molar-refractivity contribution in [2.75, 3.05) is 33.2 Å². The minimum absolute atomic E-state index is 0. The van der Waals surface area contributed by atoms with E-state index in [4.69, 9.17) is 0 Å². The average Bonchev–Trinajstić information content (AvgIpc) is 3.23. The van der Waals surface area contributed by atoms with Crippen LogP contribution >= 0.6 is 24.8 Å². The van der Waals surface area contributed by atoms with E-state index < -0.39 is 0 Å². The number of carbonyl (C=O) groups excluding carboxylic acids is 1. The highest BCUT2D eigenvalue weighted by molar-refractivity contribution is 5.85. The van der Waals surface area contributed by atoms with Gasteiger partial charge in [0.25, 0.3) is 0 Å². The van der Waals surface area contributed by atoms with Gasteiger partial charge in [0.2, 0.25) is 5.91 Å². The fourth-order valence-corrected chi connectivity index (χ4v) is 4.64. The Morgan fingerprint density at radius 2 is 1.96 bits per heavy atom. The summed E-state index contributed by atoms with van der Waals surface area (Å²) in [6, 6.07) is 2.74. The van der Waals surface area contributed by atoms with E-state index >= 15 is 0 Å². The number of halogens is 2. The van der Waals surface area contributed by atoms with Gasteiger partial charge in [0.15, 0.2) is 0 Å². The number of piperidine rings is 1. The molecule has 2 fully saturated rings. The summed E-state index contributed by atoms with van der Waals surface area (Å²) in [5.74, 6) is 0.183. The average molecular weight is 433 g/mol. The maximum absolute atomic E-state index is 12.8. The van der Waals surface area contributed by atoms with E-state index in [-0.39, 0.29) is 36.8 Å². The zero-order valence-electron chi connectivity index (χ0n) is 16.7. The number of amides is 1. The first kappa shape index (κ1) is 23.4. The molecule has 0 spiro atoms. The summed E-state index contributed by atoms with van der Waals surface area (Å²) in [4.78, 5) is 17.7. The van der Waals surface area contributed by atoms with Gasteiger partial charge in [-0.05, 0) is 71.4 Å². The Hall–Kier alpha value is -0.860. The molecule has 2 N–H and O–H groups in total. The lowest BCUT2D eigenvalue weighted by molar-refractivity contribution is -0.126. The Labute approximate surface area is 180 Å². The normalized spacial score (nSPS) is 24.0. The van der Waals surface area contributed by atoms with E-state index in [1.807, 2.05) is 0 Å². The number of rotatable bonds is 4. The molecular weight excluding hydrogens is 399 g/mol. The first-order chi connectivity index (χ1) is 12.7. The summed E-state index contributed by atoms with van der Waals surface area (Å²) in [5, 5.41) is 11.2. The number of nitrogens with zero attached hydrogens (tertiary/aromatic N) is 4. The van der Waals surface area contributed by atoms with Crippen LogP contribution in [0.25, 0.3) is 0 Å². The van der Waals surface area contributed by atoms with Gasteiger partial charge >= 0.3 is 0 Å². The predicted octanol–water partition coefficient (Wildman–Crippen LogP) is 1.39. The number of aromatic nitrogens is 2. The summed E-state index contributed by atoms with van der Waals surface area (Å²) in [6.45, 7) is 6.77. The predicted molar refractivity (Wildman–Crippen MR) is 115 cm³/mol. The minimum Gasteiger partial charge on any atom is -0.349 e. The second kappa shape index (κ2) is 10.8. The van der Waals surface area contributed by atoms with Gasteiger partial charge in [-0.2, -0.15) is 5.10 Å². The molecule has 0 aliphatic carbocycles. The summed E-state index contributed by atoms with van der Waals surface area (Å²) in [7, 11) is 2.19. The number of aryl methyl sites for hydroxylation is 1. The highest BCUT2D eigenvalue weighted by Gasteiger charge is 2.36. The maximum Gasteiger partial charge on any atom is 0.237 e. The highest BCUT2D eigenvalue weighted by Crippen LogP contribution is 2.26. The molecule has 0 aromatic carbocycles. The van der Waals surface area contributed by atoms with Crippen LogP contribution in [0.4, 0.5) is 0 Å². The van der Waals surface area contributed by atoms with Crippen LogP contribution in [-0.4, -0.2) is 70.8 Å². The molecule has 0 saturated carbocycles. The summed E-state index contributed by atoms with van der Waals surface area (Å²) in [5.41, 5.74) is 2.20.